The molecule has 0 saturated heterocycles. The van der Waals surface area contributed by atoms with E-state index in [2.05, 4.69) is 0 Å². The Bertz CT molecular complexity index is 748. The smallest absolute Gasteiger partial charge is 0.340 e. The molecule has 152 valence electrons. The molecular formula is C21H20O8. The van der Waals surface area contributed by atoms with Gasteiger partial charge < -0.3 is 18.9 Å². The summed E-state index contributed by atoms with van der Waals surface area (Å²) in [5.41, 5.74) is 0.693. The third kappa shape index (κ3) is 8.25. The Morgan fingerprint density at radius 2 is 0.931 bits per heavy atom. The van der Waals surface area contributed by atoms with Crippen LogP contribution in [-0.4, -0.2) is 37.5 Å². The van der Waals surface area contributed by atoms with Gasteiger partial charge in [-0.25, -0.2) is 9.59 Å². The molecule has 0 heterocycles. The largest absolute Gasteiger partial charge is 0.428 e. The average molecular weight is 400 g/mol. The molecule has 29 heavy (non-hydrogen) atoms. The number of esters is 4. The fraction of sp³-hybridized carbons (Fsp3) is 0.238. The number of ether oxygens (including phenoxy) is 4. The van der Waals surface area contributed by atoms with Crippen molar-refractivity contribution < 1.29 is 38.1 Å². The minimum atomic E-state index is -0.617. The van der Waals surface area contributed by atoms with Gasteiger partial charge in [0, 0.05) is 12.8 Å². The molecule has 2 aromatic rings. The van der Waals surface area contributed by atoms with Crippen molar-refractivity contribution in [1.82, 2.24) is 0 Å². The average Bonchev–Trinajstić information content (AvgIpc) is 2.75. The summed E-state index contributed by atoms with van der Waals surface area (Å²) in [6, 6.07) is 16.6. The molecule has 0 aliphatic heterocycles. The summed E-state index contributed by atoms with van der Waals surface area (Å²) in [4.78, 5) is 46.5. The zero-order chi connectivity index (χ0) is 20.9. The molecular weight excluding hydrogens is 380 g/mol. The van der Waals surface area contributed by atoms with Gasteiger partial charge in [0.25, 0.3) is 0 Å². The second-order valence-electron chi connectivity index (χ2n) is 5.72. The molecule has 2 rings (SSSR count). The number of hydrogen-bond donors (Lipinski definition) is 0. The third-order valence-electron chi connectivity index (χ3n) is 3.60. The molecule has 0 aliphatic rings. The molecule has 0 spiro atoms. The van der Waals surface area contributed by atoms with Gasteiger partial charge in [-0.3, -0.25) is 9.59 Å². The third-order valence-corrected chi connectivity index (χ3v) is 3.60. The van der Waals surface area contributed by atoms with Crippen molar-refractivity contribution in [2.45, 2.75) is 19.3 Å². The van der Waals surface area contributed by atoms with Crippen molar-refractivity contribution >= 4 is 23.9 Å². The van der Waals surface area contributed by atoms with E-state index in [-0.39, 0.29) is 19.3 Å². The molecule has 0 aromatic heterocycles. The normalized spacial score (nSPS) is 9.93. The SMILES string of the molecule is O=C(CCCC(=O)OCOC(=O)c1ccccc1)OCOC(=O)c1ccccc1. The molecule has 2 aromatic carbocycles. The lowest BCUT2D eigenvalue weighted by atomic mass is 10.2. The van der Waals surface area contributed by atoms with Gasteiger partial charge in [0.1, 0.15) is 0 Å². The van der Waals surface area contributed by atoms with Gasteiger partial charge in [0.05, 0.1) is 11.1 Å². The van der Waals surface area contributed by atoms with Crippen LogP contribution in [0.5, 0.6) is 0 Å². The fourth-order valence-corrected chi connectivity index (χ4v) is 2.13. The van der Waals surface area contributed by atoms with E-state index in [1.54, 1.807) is 60.7 Å². The highest BCUT2D eigenvalue weighted by Gasteiger charge is 2.11. The van der Waals surface area contributed by atoms with E-state index in [1.165, 1.54) is 0 Å². The van der Waals surface area contributed by atoms with Crippen LogP contribution in [0.4, 0.5) is 0 Å². The molecule has 0 fully saturated rings. The zero-order valence-corrected chi connectivity index (χ0v) is 15.6. The van der Waals surface area contributed by atoms with Gasteiger partial charge >= 0.3 is 23.9 Å². The second kappa shape index (κ2) is 11.9. The van der Waals surface area contributed by atoms with Gasteiger partial charge in [-0.2, -0.15) is 0 Å². The predicted octanol–water partition coefficient (Wildman–Crippen LogP) is 2.87. The van der Waals surface area contributed by atoms with Crippen LogP contribution in [0, 0.1) is 0 Å². The van der Waals surface area contributed by atoms with E-state index in [0.717, 1.165) is 0 Å². The highest BCUT2D eigenvalue weighted by Crippen LogP contribution is 2.04. The molecule has 0 radical (unpaired) electrons. The number of carbonyl (C=O) groups is 4. The Morgan fingerprint density at radius 3 is 1.31 bits per heavy atom. The van der Waals surface area contributed by atoms with Crippen LogP contribution in [0.2, 0.25) is 0 Å². The molecule has 0 saturated carbocycles. The fourth-order valence-electron chi connectivity index (χ4n) is 2.13. The maximum absolute atomic E-state index is 11.7. The maximum atomic E-state index is 11.7. The predicted molar refractivity (Wildman–Crippen MR) is 99.5 cm³/mol. The number of rotatable bonds is 10. The van der Waals surface area contributed by atoms with Gasteiger partial charge in [-0.05, 0) is 30.7 Å². The summed E-state index contributed by atoms with van der Waals surface area (Å²) in [5.74, 6) is -2.44. The van der Waals surface area contributed by atoms with Gasteiger partial charge in [0.15, 0.2) is 0 Å². The maximum Gasteiger partial charge on any atom is 0.340 e. The van der Waals surface area contributed by atoms with Gasteiger partial charge in [-0.1, -0.05) is 36.4 Å². The lowest BCUT2D eigenvalue weighted by molar-refractivity contribution is -0.153. The molecule has 8 heteroatoms. The van der Waals surface area contributed by atoms with Crippen LogP contribution in [0.25, 0.3) is 0 Å². The summed E-state index contributed by atoms with van der Waals surface area (Å²) in [6.07, 6.45) is 0.0700. The van der Waals surface area contributed by atoms with Crippen LogP contribution in [0.1, 0.15) is 40.0 Å². The van der Waals surface area contributed by atoms with Crippen LogP contribution in [0.15, 0.2) is 60.7 Å². The Kier molecular flexibility index (Phi) is 8.88. The first-order chi connectivity index (χ1) is 14.1. The van der Waals surface area contributed by atoms with Crippen LogP contribution in [0.3, 0.4) is 0 Å². The molecule has 0 unspecified atom stereocenters. The Hall–Kier alpha value is -3.68. The molecule has 0 N–H and O–H groups in total. The standard InChI is InChI=1S/C21H20O8/c22-18(26-14-28-20(24)16-8-3-1-4-9-16)12-7-13-19(23)27-15-29-21(25)17-10-5-2-6-11-17/h1-6,8-11H,7,12-15H2. The number of carbonyl (C=O) groups excluding carboxylic acids is 4. The Balaban J connectivity index is 1.52. The Labute approximate surface area is 167 Å². The Morgan fingerprint density at radius 1 is 0.552 bits per heavy atom. The molecule has 0 bridgehead atoms. The molecule has 0 aliphatic carbocycles. The zero-order valence-electron chi connectivity index (χ0n) is 15.6. The van der Waals surface area contributed by atoms with Crippen molar-refractivity contribution in [3.63, 3.8) is 0 Å². The first kappa shape index (κ1) is 21.6. The lowest BCUT2D eigenvalue weighted by Gasteiger charge is -2.07. The van der Waals surface area contributed by atoms with Crippen molar-refractivity contribution in [1.29, 1.82) is 0 Å². The van der Waals surface area contributed by atoms with Crippen LogP contribution in [-0.2, 0) is 28.5 Å². The quantitative estimate of drug-likeness (QED) is 0.443. The summed E-state index contributed by atoms with van der Waals surface area (Å²) in [6.45, 7) is -1.01. The van der Waals surface area contributed by atoms with Gasteiger partial charge in [0.2, 0.25) is 13.6 Å². The lowest BCUT2D eigenvalue weighted by Crippen LogP contribution is -2.14. The van der Waals surface area contributed by atoms with Crippen molar-refractivity contribution in [3.8, 4) is 0 Å². The van der Waals surface area contributed by atoms with Crippen LogP contribution < -0.4 is 0 Å². The minimum Gasteiger partial charge on any atom is -0.428 e. The van der Waals surface area contributed by atoms with Crippen molar-refractivity contribution in [3.05, 3.63) is 71.8 Å². The number of benzene rings is 2. The first-order valence-corrected chi connectivity index (χ1v) is 8.82. The molecule has 0 amide bonds. The van der Waals surface area contributed by atoms with E-state index in [9.17, 15) is 19.2 Å². The summed E-state index contributed by atoms with van der Waals surface area (Å²) < 4.78 is 19.2. The summed E-state index contributed by atoms with van der Waals surface area (Å²) in [5, 5.41) is 0. The minimum absolute atomic E-state index is 0.0538. The van der Waals surface area contributed by atoms with Crippen molar-refractivity contribution in [2.75, 3.05) is 13.6 Å². The van der Waals surface area contributed by atoms with Crippen LogP contribution >= 0.6 is 0 Å². The van der Waals surface area contributed by atoms with Gasteiger partial charge in [-0.15, -0.1) is 0 Å². The topological polar surface area (TPSA) is 105 Å². The monoisotopic (exact) mass is 400 g/mol. The second-order valence-corrected chi connectivity index (χ2v) is 5.72. The van der Waals surface area contributed by atoms with Crippen molar-refractivity contribution in [2.24, 2.45) is 0 Å². The molecule has 8 nitrogen and oxygen atoms in total. The summed E-state index contributed by atoms with van der Waals surface area (Å²) >= 11 is 0. The highest BCUT2D eigenvalue weighted by atomic mass is 16.7. The van der Waals surface area contributed by atoms with E-state index in [1.807, 2.05) is 0 Å². The van der Waals surface area contributed by atoms with E-state index in [0.29, 0.717) is 11.1 Å². The molecule has 0 atom stereocenters. The first-order valence-electron chi connectivity index (χ1n) is 8.82. The summed E-state index contributed by atoms with van der Waals surface area (Å²) in [7, 11) is 0. The van der Waals surface area contributed by atoms with E-state index in [4.69, 9.17) is 18.9 Å². The van der Waals surface area contributed by atoms with E-state index < -0.39 is 37.5 Å². The number of hydrogen-bond acceptors (Lipinski definition) is 8. The highest BCUT2D eigenvalue weighted by molar-refractivity contribution is 5.89. The van der Waals surface area contributed by atoms with E-state index >= 15 is 0 Å².